The van der Waals surface area contributed by atoms with Gasteiger partial charge >= 0.3 is 5.69 Å². The summed E-state index contributed by atoms with van der Waals surface area (Å²) in [5.74, 6) is -0.853. The second-order valence-electron chi connectivity index (χ2n) is 8.29. The highest BCUT2D eigenvalue weighted by Gasteiger charge is 2.26. The molecule has 2 aromatic heterocycles. The first-order chi connectivity index (χ1) is 13.5. The number of piperidine rings is 1. The average molecular weight is 406 g/mol. The van der Waals surface area contributed by atoms with Gasteiger partial charge in [-0.25, -0.2) is 4.79 Å². The second-order valence-corrected chi connectivity index (χ2v) is 9.37. The van der Waals surface area contributed by atoms with Crippen LogP contribution in [0.5, 0.6) is 0 Å². The molecule has 8 heteroatoms. The zero-order valence-corrected chi connectivity index (χ0v) is 17.1. The molecule has 0 spiro atoms. The van der Waals surface area contributed by atoms with E-state index in [0.29, 0.717) is 17.8 Å². The van der Waals surface area contributed by atoms with E-state index >= 15 is 0 Å². The van der Waals surface area contributed by atoms with Crippen LogP contribution in [-0.2, 0) is 30.7 Å². The lowest BCUT2D eigenvalue weighted by Crippen LogP contribution is -3.13. The highest BCUT2D eigenvalue weighted by Crippen LogP contribution is 2.36. The number of fused-ring (bicyclic) bond motifs is 3. The van der Waals surface area contributed by atoms with Crippen LogP contribution in [0.15, 0.2) is 9.59 Å². The van der Waals surface area contributed by atoms with Crippen LogP contribution < -0.4 is 21.3 Å². The Balaban J connectivity index is 1.82. The minimum atomic E-state index is -1.41. The molecule has 1 N–H and O–H groups in total. The number of carboxylic acid groups (broad SMARTS) is 1. The van der Waals surface area contributed by atoms with E-state index < -0.39 is 23.8 Å². The Morgan fingerprint density at radius 1 is 1.21 bits per heavy atom. The molecule has 1 saturated heterocycles. The van der Waals surface area contributed by atoms with Crippen LogP contribution in [0.3, 0.4) is 0 Å². The molecule has 0 radical (unpaired) electrons. The molecule has 0 unspecified atom stereocenters. The van der Waals surface area contributed by atoms with Crippen LogP contribution in [0, 0.1) is 5.92 Å². The molecule has 0 bridgehead atoms. The molecule has 1 aliphatic heterocycles. The number of carbonyl (C=O) groups excluding carboxylic acids is 1. The fraction of sp³-hybridized carbons (Fsp3) is 0.650. The van der Waals surface area contributed by atoms with Crippen molar-refractivity contribution in [1.29, 1.82) is 0 Å². The normalized spacial score (nSPS) is 20.4. The average Bonchev–Trinajstić information content (AvgIpc) is 3.04. The molecule has 7 nitrogen and oxygen atoms in total. The number of carboxylic acids is 1. The first-order valence-corrected chi connectivity index (χ1v) is 11.1. The molecule has 0 amide bonds. The van der Waals surface area contributed by atoms with Gasteiger partial charge in [-0.05, 0) is 50.0 Å². The smallest absolute Gasteiger partial charge is 0.332 e. The molecular weight excluding hydrogens is 378 g/mol. The van der Waals surface area contributed by atoms with Crippen LogP contribution in [0.4, 0.5) is 0 Å². The van der Waals surface area contributed by atoms with Crippen molar-refractivity contribution in [2.75, 3.05) is 19.6 Å². The SMILES string of the molecule is C[C@H]1CCc2c(sc3c2c(=O)n(CC(=O)[O-])c(=O)n3CC[NH+]2CCCCC2)C1. The largest absolute Gasteiger partial charge is 0.548 e. The van der Waals surface area contributed by atoms with Gasteiger partial charge in [0, 0.05) is 4.88 Å². The second kappa shape index (κ2) is 7.83. The van der Waals surface area contributed by atoms with Crippen molar-refractivity contribution in [2.45, 2.75) is 58.5 Å². The maximum Gasteiger partial charge on any atom is 0.332 e. The number of quaternary nitrogens is 1. The summed E-state index contributed by atoms with van der Waals surface area (Å²) in [4.78, 5) is 40.6. The van der Waals surface area contributed by atoms with Crippen molar-refractivity contribution in [1.82, 2.24) is 9.13 Å². The first kappa shape index (κ1) is 19.4. The molecule has 2 aliphatic rings. The number of aromatic nitrogens is 2. The lowest BCUT2D eigenvalue weighted by Gasteiger charge is -2.24. The third-order valence-corrected chi connectivity index (χ3v) is 7.47. The minimum absolute atomic E-state index is 0.474. The Bertz CT molecular complexity index is 1010. The molecular formula is C20H27N3O4S. The van der Waals surface area contributed by atoms with E-state index in [1.165, 1.54) is 29.0 Å². The van der Waals surface area contributed by atoms with Gasteiger partial charge in [-0.1, -0.05) is 6.92 Å². The van der Waals surface area contributed by atoms with Crippen LogP contribution in [0.1, 0.15) is 43.0 Å². The number of hydrogen-bond donors (Lipinski definition) is 1. The highest BCUT2D eigenvalue weighted by molar-refractivity contribution is 7.18. The van der Waals surface area contributed by atoms with Gasteiger partial charge in [-0.3, -0.25) is 13.9 Å². The molecule has 28 heavy (non-hydrogen) atoms. The Morgan fingerprint density at radius 3 is 2.68 bits per heavy atom. The van der Waals surface area contributed by atoms with Gasteiger partial charge in [-0.2, -0.15) is 0 Å². The van der Waals surface area contributed by atoms with Crippen molar-refractivity contribution >= 4 is 27.5 Å². The number of thiophene rings is 1. The van der Waals surface area contributed by atoms with Crippen molar-refractivity contribution in [3.63, 3.8) is 0 Å². The summed E-state index contributed by atoms with van der Waals surface area (Å²) in [7, 11) is 0. The minimum Gasteiger partial charge on any atom is -0.548 e. The summed E-state index contributed by atoms with van der Waals surface area (Å²) >= 11 is 1.55. The molecule has 0 aromatic carbocycles. The first-order valence-electron chi connectivity index (χ1n) is 10.3. The third kappa shape index (κ3) is 3.55. The van der Waals surface area contributed by atoms with Gasteiger partial charge in [0.15, 0.2) is 0 Å². The number of rotatable bonds is 5. The van der Waals surface area contributed by atoms with Gasteiger partial charge in [0.05, 0.1) is 44.1 Å². The summed E-state index contributed by atoms with van der Waals surface area (Å²) in [5.41, 5.74) is 0.0249. The Labute approximate surface area is 167 Å². The van der Waals surface area contributed by atoms with Gasteiger partial charge in [0.25, 0.3) is 5.56 Å². The standard InChI is InChI=1S/C20H27N3O4S/c1-13-5-6-14-15(11-13)28-19-17(14)18(26)23(12-16(24)25)20(27)22(19)10-9-21-7-3-2-4-8-21/h13H,2-12H2,1H3,(H,24,25)/t13-/m0/s1. The fourth-order valence-corrected chi connectivity index (χ4v) is 6.16. The van der Waals surface area contributed by atoms with Crippen LogP contribution in [0.25, 0.3) is 10.2 Å². The van der Waals surface area contributed by atoms with Crippen molar-refractivity contribution < 1.29 is 14.8 Å². The van der Waals surface area contributed by atoms with E-state index in [-0.39, 0.29) is 0 Å². The molecule has 4 rings (SSSR count). The Hall–Kier alpha value is -1.93. The molecule has 1 fully saturated rings. The lowest BCUT2D eigenvalue weighted by molar-refractivity contribution is -0.905. The Kier molecular flexibility index (Phi) is 5.42. The van der Waals surface area contributed by atoms with E-state index in [9.17, 15) is 19.5 Å². The monoisotopic (exact) mass is 405 g/mol. The molecule has 1 aliphatic carbocycles. The van der Waals surface area contributed by atoms with Gasteiger partial charge in [-0.15, -0.1) is 11.3 Å². The topological polar surface area (TPSA) is 88.6 Å². The maximum absolute atomic E-state index is 13.0. The third-order valence-electron chi connectivity index (χ3n) is 6.20. The predicted octanol–water partition coefficient (Wildman–Crippen LogP) is -0.832. The van der Waals surface area contributed by atoms with Gasteiger partial charge < -0.3 is 14.8 Å². The van der Waals surface area contributed by atoms with Crippen LogP contribution >= 0.6 is 11.3 Å². The van der Waals surface area contributed by atoms with Crippen LogP contribution in [0.2, 0.25) is 0 Å². The summed E-state index contributed by atoms with van der Waals surface area (Å²) in [6.45, 7) is 5.05. The van der Waals surface area contributed by atoms with Gasteiger partial charge in [0.1, 0.15) is 4.83 Å². The highest BCUT2D eigenvalue weighted by atomic mass is 32.1. The number of nitrogens with zero attached hydrogens (tertiary/aromatic N) is 2. The number of likely N-dealkylation sites (tertiary alicyclic amines) is 1. The fourth-order valence-electron chi connectivity index (χ4n) is 4.64. The molecule has 3 heterocycles. The van der Waals surface area contributed by atoms with E-state index in [1.807, 2.05) is 0 Å². The van der Waals surface area contributed by atoms with Crippen molar-refractivity contribution in [3.8, 4) is 0 Å². The summed E-state index contributed by atoms with van der Waals surface area (Å²) in [5, 5.41) is 11.7. The number of aryl methyl sites for hydroxylation is 1. The van der Waals surface area contributed by atoms with Crippen molar-refractivity contribution in [2.24, 2.45) is 5.92 Å². The van der Waals surface area contributed by atoms with Gasteiger partial charge in [0.2, 0.25) is 0 Å². The summed E-state index contributed by atoms with van der Waals surface area (Å²) < 4.78 is 2.50. The molecule has 152 valence electrons. The zero-order chi connectivity index (χ0) is 19.8. The molecule has 0 saturated carbocycles. The number of hydrogen-bond acceptors (Lipinski definition) is 5. The van der Waals surface area contributed by atoms with E-state index in [2.05, 4.69) is 6.92 Å². The van der Waals surface area contributed by atoms with Crippen molar-refractivity contribution in [3.05, 3.63) is 31.3 Å². The van der Waals surface area contributed by atoms with E-state index in [0.717, 1.165) is 53.9 Å². The Morgan fingerprint density at radius 2 is 1.96 bits per heavy atom. The molecule has 2 aromatic rings. The van der Waals surface area contributed by atoms with E-state index in [4.69, 9.17) is 0 Å². The summed E-state index contributed by atoms with van der Waals surface area (Å²) in [6, 6.07) is 0. The summed E-state index contributed by atoms with van der Waals surface area (Å²) in [6.07, 6.45) is 6.41. The van der Waals surface area contributed by atoms with E-state index in [1.54, 1.807) is 15.9 Å². The predicted molar refractivity (Wildman–Crippen MR) is 106 cm³/mol. The lowest BCUT2D eigenvalue weighted by atomic mass is 9.89. The number of nitrogens with one attached hydrogen (secondary N) is 1. The number of aliphatic carboxylic acids is 1. The number of carbonyl (C=O) groups is 1. The van der Waals surface area contributed by atoms with Crippen LogP contribution in [-0.4, -0.2) is 34.7 Å². The zero-order valence-electron chi connectivity index (χ0n) is 16.3. The maximum atomic E-state index is 13.0. The molecule has 1 atom stereocenters. The quantitative estimate of drug-likeness (QED) is 0.703.